The van der Waals surface area contributed by atoms with E-state index in [0.717, 1.165) is 11.5 Å². The van der Waals surface area contributed by atoms with Gasteiger partial charge in [-0.3, -0.25) is 0 Å². The summed E-state index contributed by atoms with van der Waals surface area (Å²) in [7, 11) is 0. The van der Waals surface area contributed by atoms with E-state index in [1.807, 2.05) is 11.8 Å². The Labute approximate surface area is 106 Å². The maximum Gasteiger partial charge on any atom is 0.103 e. The lowest BCUT2D eigenvalue weighted by Gasteiger charge is -2.14. The lowest BCUT2D eigenvalue weighted by molar-refractivity contribution is 0.250. The molecule has 4 heteroatoms. The van der Waals surface area contributed by atoms with E-state index >= 15 is 0 Å². The first-order chi connectivity index (χ1) is 7.43. The standard InChI is InChI=1S/C12H21NOS2/c1-9(5-14)6-15-8-11-13-10(7-16-11)12(2,3)4/h7,9,14H,5-6,8H2,1-4H3. The highest BCUT2D eigenvalue weighted by Gasteiger charge is 2.17. The molecule has 0 aromatic carbocycles. The third kappa shape index (κ3) is 4.44. The van der Waals surface area contributed by atoms with Crippen LogP contribution in [0.1, 0.15) is 38.4 Å². The van der Waals surface area contributed by atoms with Crippen LogP contribution in [-0.2, 0) is 11.2 Å². The molecule has 92 valence electrons. The highest BCUT2D eigenvalue weighted by molar-refractivity contribution is 7.98. The molecule has 1 rings (SSSR count). The summed E-state index contributed by atoms with van der Waals surface area (Å²) in [6, 6.07) is 0. The van der Waals surface area contributed by atoms with Gasteiger partial charge in [0.15, 0.2) is 0 Å². The number of nitrogens with zero attached hydrogens (tertiary/aromatic N) is 1. The Kier molecular flexibility index (Phi) is 5.28. The summed E-state index contributed by atoms with van der Waals surface area (Å²) in [6.45, 7) is 8.90. The van der Waals surface area contributed by atoms with Gasteiger partial charge in [0.2, 0.25) is 0 Å². The fourth-order valence-corrected chi connectivity index (χ4v) is 3.31. The molecule has 1 aromatic rings. The van der Waals surface area contributed by atoms with E-state index in [9.17, 15) is 0 Å². The Hall–Kier alpha value is -0.0600. The molecule has 0 saturated heterocycles. The van der Waals surface area contributed by atoms with Crippen LogP contribution < -0.4 is 0 Å². The molecular weight excluding hydrogens is 238 g/mol. The molecule has 0 saturated carbocycles. The zero-order valence-electron chi connectivity index (χ0n) is 10.5. The van der Waals surface area contributed by atoms with Gasteiger partial charge in [-0.2, -0.15) is 11.8 Å². The van der Waals surface area contributed by atoms with Gasteiger partial charge in [0.25, 0.3) is 0 Å². The van der Waals surface area contributed by atoms with E-state index in [4.69, 9.17) is 5.11 Å². The molecule has 0 aliphatic rings. The minimum atomic E-state index is 0.151. The van der Waals surface area contributed by atoms with Crippen molar-refractivity contribution in [3.8, 4) is 0 Å². The zero-order valence-corrected chi connectivity index (χ0v) is 12.1. The van der Waals surface area contributed by atoms with Gasteiger partial charge < -0.3 is 5.11 Å². The maximum absolute atomic E-state index is 8.92. The van der Waals surface area contributed by atoms with Crippen molar-refractivity contribution in [2.75, 3.05) is 12.4 Å². The van der Waals surface area contributed by atoms with Gasteiger partial charge in [0.05, 0.1) is 5.69 Å². The van der Waals surface area contributed by atoms with Crippen LogP contribution >= 0.6 is 23.1 Å². The first kappa shape index (κ1) is 14.0. The van der Waals surface area contributed by atoms with Gasteiger partial charge in [0.1, 0.15) is 5.01 Å². The predicted octanol–water partition coefficient (Wildman–Crippen LogP) is 3.30. The molecule has 16 heavy (non-hydrogen) atoms. The quantitative estimate of drug-likeness (QED) is 0.880. The summed E-state index contributed by atoms with van der Waals surface area (Å²) in [5.41, 5.74) is 1.33. The molecule has 0 aliphatic carbocycles. The van der Waals surface area contributed by atoms with Crippen molar-refractivity contribution in [3.63, 3.8) is 0 Å². The van der Waals surface area contributed by atoms with Crippen LogP contribution in [0.4, 0.5) is 0 Å². The van der Waals surface area contributed by atoms with Gasteiger partial charge in [-0.25, -0.2) is 4.98 Å². The summed E-state index contributed by atoms with van der Waals surface area (Å²) in [4.78, 5) is 4.64. The summed E-state index contributed by atoms with van der Waals surface area (Å²) < 4.78 is 0. The molecule has 0 aliphatic heterocycles. The number of hydrogen-bond donors (Lipinski definition) is 1. The summed E-state index contributed by atoms with van der Waals surface area (Å²) >= 11 is 3.59. The maximum atomic E-state index is 8.92. The fraction of sp³-hybridized carbons (Fsp3) is 0.750. The van der Waals surface area contributed by atoms with Crippen molar-refractivity contribution < 1.29 is 5.11 Å². The molecular formula is C12H21NOS2. The second kappa shape index (κ2) is 6.03. The minimum absolute atomic E-state index is 0.151. The molecule has 0 amide bonds. The first-order valence-electron chi connectivity index (χ1n) is 5.57. The van der Waals surface area contributed by atoms with Crippen LogP contribution in [0.15, 0.2) is 5.38 Å². The van der Waals surface area contributed by atoms with E-state index in [-0.39, 0.29) is 12.0 Å². The number of thiazole rings is 1. The van der Waals surface area contributed by atoms with Crippen LogP contribution in [0.2, 0.25) is 0 Å². The summed E-state index contributed by atoms with van der Waals surface area (Å²) in [5.74, 6) is 2.35. The van der Waals surface area contributed by atoms with Gasteiger partial charge >= 0.3 is 0 Å². The Morgan fingerprint density at radius 2 is 2.19 bits per heavy atom. The van der Waals surface area contributed by atoms with Crippen LogP contribution in [-0.4, -0.2) is 22.5 Å². The zero-order chi connectivity index (χ0) is 12.2. The average molecular weight is 259 g/mol. The van der Waals surface area contributed by atoms with Gasteiger partial charge in [-0.15, -0.1) is 11.3 Å². The van der Waals surface area contributed by atoms with E-state index in [1.54, 1.807) is 11.3 Å². The Bertz CT molecular complexity index is 317. The Morgan fingerprint density at radius 3 is 2.69 bits per heavy atom. The number of aliphatic hydroxyl groups is 1. The first-order valence-corrected chi connectivity index (χ1v) is 7.60. The number of thioether (sulfide) groups is 1. The van der Waals surface area contributed by atoms with Crippen LogP contribution in [0.3, 0.4) is 0 Å². The third-order valence-electron chi connectivity index (χ3n) is 2.26. The smallest absolute Gasteiger partial charge is 0.103 e. The second-order valence-corrected chi connectivity index (χ2v) is 7.15. The SMILES string of the molecule is CC(CO)CSCc1nc(C(C)(C)C)cs1. The normalized spacial score (nSPS) is 14.1. The lowest BCUT2D eigenvalue weighted by Crippen LogP contribution is -2.11. The van der Waals surface area contributed by atoms with Crippen molar-refractivity contribution >= 4 is 23.1 Å². The lowest BCUT2D eigenvalue weighted by atomic mass is 9.93. The van der Waals surface area contributed by atoms with Crippen molar-refractivity contribution in [2.45, 2.75) is 38.9 Å². The molecule has 1 unspecified atom stereocenters. The highest BCUT2D eigenvalue weighted by Crippen LogP contribution is 2.26. The number of aliphatic hydroxyl groups excluding tert-OH is 1. The van der Waals surface area contributed by atoms with Crippen LogP contribution in [0.5, 0.6) is 0 Å². The highest BCUT2D eigenvalue weighted by atomic mass is 32.2. The number of rotatable bonds is 5. The Balaban J connectivity index is 2.41. The minimum Gasteiger partial charge on any atom is -0.396 e. The molecule has 0 bridgehead atoms. The Morgan fingerprint density at radius 1 is 1.50 bits per heavy atom. The van der Waals surface area contributed by atoms with Gasteiger partial charge in [-0.05, 0) is 11.7 Å². The van der Waals surface area contributed by atoms with Gasteiger partial charge in [0, 0.05) is 23.2 Å². The fourth-order valence-electron chi connectivity index (χ4n) is 1.12. The van der Waals surface area contributed by atoms with Crippen molar-refractivity contribution in [1.29, 1.82) is 0 Å². The van der Waals surface area contributed by atoms with Crippen molar-refractivity contribution in [3.05, 3.63) is 16.1 Å². The van der Waals surface area contributed by atoms with E-state index in [2.05, 4.69) is 38.1 Å². The predicted molar refractivity (Wildman–Crippen MR) is 73.2 cm³/mol. The molecule has 1 heterocycles. The van der Waals surface area contributed by atoms with E-state index < -0.39 is 0 Å². The molecule has 1 atom stereocenters. The van der Waals surface area contributed by atoms with Crippen molar-refractivity contribution in [2.24, 2.45) is 5.92 Å². The monoisotopic (exact) mass is 259 g/mol. The largest absolute Gasteiger partial charge is 0.396 e. The van der Waals surface area contributed by atoms with E-state index in [0.29, 0.717) is 5.92 Å². The van der Waals surface area contributed by atoms with Crippen LogP contribution in [0, 0.1) is 5.92 Å². The second-order valence-electron chi connectivity index (χ2n) is 5.18. The molecule has 0 fully saturated rings. The molecule has 0 spiro atoms. The van der Waals surface area contributed by atoms with Gasteiger partial charge in [-0.1, -0.05) is 27.7 Å². The number of hydrogen-bond acceptors (Lipinski definition) is 4. The summed E-state index contributed by atoms with van der Waals surface area (Å²) in [6.07, 6.45) is 0. The van der Waals surface area contributed by atoms with Crippen LogP contribution in [0.25, 0.3) is 0 Å². The molecule has 2 nitrogen and oxygen atoms in total. The third-order valence-corrected chi connectivity index (χ3v) is 4.57. The molecule has 1 aromatic heterocycles. The molecule has 0 radical (unpaired) electrons. The average Bonchev–Trinajstić information content (AvgIpc) is 2.65. The van der Waals surface area contributed by atoms with Crippen molar-refractivity contribution in [1.82, 2.24) is 4.98 Å². The summed E-state index contributed by atoms with van der Waals surface area (Å²) in [5, 5.41) is 12.3. The van der Waals surface area contributed by atoms with E-state index in [1.165, 1.54) is 10.7 Å². The topological polar surface area (TPSA) is 33.1 Å². The number of aromatic nitrogens is 1. The molecule has 1 N–H and O–H groups in total.